The average Bonchev–Trinajstić information content (AvgIpc) is 2.04. The van der Waals surface area contributed by atoms with Crippen LogP contribution >= 0.6 is 0 Å². The second-order valence-corrected chi connectivity index (χ2v) is 2.34. The van der Waals surface area contributed by atoms with E-state index in [9.17, 15) is 10.1 Å². The minimum Gasteiger partial charge on any atom is -0.508 e. The van der Waals surface area contributed by atoms with Gasteiger partial charge in [-0.25, -0.2) is 0 Å². The summed E-state index contributed by atoms with van der Waals surface area (Å²) < 4.78 is 4.25. The minimum atomic E-state index is -0.727. The van der Waals surface area contributed by atoms with Gasteiger partial charge in [0.25, 0.3) is 0 Å². The van der Waals surface area contributed by atoms with Crippen molar-refractivity contribution in [1.82, 2.24) is 0 Å². The topological polar surface area (TPSA) is 92.8 Å². The van der Waals surface area contributed by atoms with E-state index in [-0.39, 0.29) is 5.75 Å². The second-order valence-electron chi connectivity index (χ2n) is 2.34. The van der Waals surface area contributed by atoms with Gasteiger partial charge in [-0.05, 0) is 6.07 Å². The molecule has 0 spiro atoms. The number of nitrogens with zero attached hydrogens (tertiary/aromatic N) is 1. The van der Waals surface area contributed by atoms with Gasteiger partial charge < -0.3 is 14.9 Å². The number of hydrogen-bond acceptors (Lipinski definition) is 5. The highest BCUT2D eigenvalue weighted by Gasteiger charge is 2.11. The molecule has 0 aliphatic carbocycles. The molecule has 0 aromatic heterocycles. The molecule has 1 rings (SSSR count). The highest BCUT2D eigenvalue weighted by molar-refractivity contribution is 5.48. The fourth-order valence-electron chi connectivity index (χ4n) is 0.666. The average molecular weight is 201 g/mol. The van der Waals surface area contributed by atoms with Crippen LogP contribution in [0.1, 0.15) is 0 Å². The van der Waals surface area contributed by atoms with Crippen molar-refractivity contribution >= 4 is 5.69 Å². The van der Waals surface area contributed by atoms with E-state index in [0.29, 0.717) is 0 Å². The van der Waals surface area contributed by atoms with E-state index >= 15 is 0 Å². The maximum Gasteiger partial charge on any atom is 0.310 e. The summed E-state index contributed by atoms with van der Waals surface area (Å²) in [6.45, 7) is 0. The number of benzene rings is 1. The number of rotatable bonds is 1. The van der Waals surface area contributed by atoms with Gasteiger partial charge in [0.2, 0.25) is 0 Å². The summed E-state index contributed by atoms with van der Waals surface area (Å²) in [5.41, 5.74) is -0.414. The summed E-state index contributed by atoms with van der Waals surface area (Å²) in [6.07, 6.45) is 0. The Bertz CT molecular complexity index is 313. The molecule has 0 atom stereocenters. The van der Waals surface area contributed by atoms with Crippen LogP contribution in [0.5, 0.6) is 11.5 Å². The third kappa shape index (κ3) is 3.72. The van der Waals surface area contributed by atoms with Gasteiger partial charge in [-0.2, -0.15) is 0 Å². The van der Waals surface area contributed by atoms with E-state index in [4.69, 9.17) is 10.2 Å². The number of aromatic hydroxyl groups is 2. The summed E-state index contributed by atoms with van der Waals surface area (Å²) in [5.74, 6) is -0.733. The van der Waals surface area contributed by atoms with Crippen LogP contribution in [-0.2, 0) is 4.74 Å². The van der Waals surface area contributed by atoms with Crippen LogP contribution in [0.25, 0.3) is 0 Å². The van der Waals surface area contributed by atoms with Gasteiger partial charge in [0.05, 0.1) is 4.92 Å². The third-order valence-corrected chi connectivity index (χ3v) is 1.16. The number of hydrogen-bond donors (Lipinski definition) is 2. The Labute approximate surface area is 80.5 Å². The van der Waals surface area contributed by atoms with Crippen LogP contribution in [0.4, 0.5) is 5.69 Å². The Balaban J connectivity index is 0.000000500. The van der Waals surface area contributed by atoms with Crippen molar-refractivity contribution in [3.8, 4) is 11.5 Å². The van der Waals surface area contributed by atoms with Crippen LogP contribution < -0.4 is 0 Å². The normalized spacial score (nSPS) is 8.71. The fraction of sp³-hybridized carbons (Fsp3) is 0.250. The molecule has 1 aromatic rings. The summed E-state index contributed by atoms with van der Waals surface area (Å²) in [6, 6.07) is 3.08. The molecule has 2 N–H and O–H groups in total. The predicted octanol–water partition coefficient (Wildman–Crippen LogP) is 1.27. The Morgan fingerprint density at radius 1 is 1.36 bits per heavy atom. The number of nitro benzene ring substituents is 1. The first-order valence-corrected chi connectivity index (χ1v) is 3.59. The molecule has 0 heterocycles. The van der Waals surface area contributed by atoms with Crippen LogP contribution in [0.2, 0.25) is 0 Å². The molecule has 0 saturated carbocycles. The van der Waals surface area contributed by atoms with Gasteiger partial charge in [0.15, 0.2) is 5.75 Å². The molecule has 78 valence electrons. The highest BCUT2D eigenvalue weighted by Crippen LogP contribution is 2.28. The Morgan fingerprint density at radius 2 is 1.86 bits per heavy atom. The molecule has 0 radical (unpaired) electrons. The molecule has 1 aromatic carbocycles. The number of phenolic OH excluding ortho intramolecular Hbond substituents is 2. The Hall–Kier alpha value is -1.82. The van der Waals surface area contributed by atoms with E-state index in [0.717, 1.165) is 18.2 Å². The minimum absolute atomic E-state index is 0.201. The largest absolute Gasteiger partial charge is 0.508 e. The predicted molar refractivity (Wildman–Crippen MR) is 49.4 cm³/mol. The zero-order chi connectivity index (χ0) is 11.1. The fourth-order valence-corrected chi connectivity index (χ4v) is 0.666. The molecular formula is C8H11NO5. The van der Waals surface area contributed by atoms with Crippen molar-refractivity contribution in [3.63, 3.8) is 0 Å². The zero-order valence-corrected chi connectivity index (χ0v) is 7.80. The molecule has 0 bridgehead atoms. The van der Waals surface area contributed by atoms with Crippen molar-refractivity contribution in [2.24, 2.45) is 0 Å². The lowest BCUT2D eigenvalue weighted by Crippen LogP contribution is -1.87. The van der Waals surface area contributed by atoms with Gasteiger partial charge in [0.1, 0.15) is 5.75 Å². The van der Waals surface area contributed by atoms with Crippen LogP contribution in [0.3, 0.4) is 0 Å². The molecule has 6 heteroatoms. The molecule has 14 heavy (non-hydrogen) atoms. The quantitative estimate of drug-likeness (QED) is 0.527. The van der Waals surface area contributed by atoms with Crippen molar-refractivity contribution in [2.45, 2.75) is 0 Å². The number of ether oxygens (including phenoxy) is 1. The zero-order valence-electron chi connectivity index (χ0n) is 7.80. The molecular weight excluding hydrogens is 190 g/mol. The van der Waals surface area contributed by atoms with Gasteiger partial charge in [-0.3, -0.25) is 10.1 Å². The van der Waals surface area contributed by atoms with E-state index in [2.05, 4.69) is 4.74 Å². The smallest absolute Gasteiger partial charge is 0.310 e. The number of methoxy groups -OCH3 is 1. The van der Waals surface area contributed by atoms with E-state index in [1.165, 1.54) is 0 Å². The summed E-state index contributed by atoms with van der Waals surface area (Å²) in [5, 5.41) is 27.7. The molecule has 0 fully saturated rings. The van der Waals surface area contributed by atoms with Crippen LogP contribution in [-0.4, -0.2) is 29.4 Å². The molecule has 0 aliphatic rings. The van der Waals surface area contributed by atoms with Crippen LogP contribution in [0.15, 0.2) is 18.2 Å². The molecule has 0 saturated heterocycles. The van der Waals surface area contributed by atoms with E-state index in [1.54, 1.807) is 14.2 Å². The first kappa shape index (κ1) is 12.2. The lowest BCUT2D eigenvalue weighted by Gasteiger charge is -1.94. The van der Waals surface area contributed by atoms with Gasteiger partial charge in [-0.15, -0.1) is 0 Å². The summed E-state index contributed by atoms with van der Waals surface area (Å²) in [4.78, 5) is 9.37. The number of nitro groups is 1. The monoisotopic (exact) mass is 201 g/mol. The highest BCUT2D eigenvalue weighted by atomic mass is 16.6. The molecule has 6 nitrogen and oxygen atoms in total. The maximum atomic E-state index is 10.1. The molecule has 0 unspecified atom stereocenters. The lowest BCUT2D eigenvalue weighted by molar-refractivity contribution is -0.385. The summed E-state index contributed by atoms with van der Waals surface area (Å²) in [7, 11) is 3.25. The van der Waals surface area contributed by atoms with Gasteiger partial charge in [-0.1, -0.05) is 0 Å². The SMILES string of the molecule is COC.O=[N+]([O-])c1ccc(O)cc1O. The maximum absolute atomic E-state index is 10.1. The van der Waals surface area contributed by atoms with Crippen molar-refractivity contribution in [2.75, 3.05) is 14.2 Å². The van der Waals surface area contributed by atoms with Crippen molar-refractivity contribution in [1.29, 1.82) is 0 Å². The lowest BCUT2D eigenvalue weighted by atomic mass is 10.3. The summed E-state index contributed by atoms with van der Waals surface area (Å²) >= 11 is 0. The molecule has 0 aliphatic heterocycles. The van der Waals surface area contributed by atoms with Gasteiger partial charge >= 0.3 is 5.69 Å². The first-order valence-electron chi connectivity index (χ1n) is 3.59. The second kappa shape index (κ2) is 5.76. The van der Waals surface area contributed by atoms with E-state index in [1.807, 2.05) is 0 Å². The molecule has 0 amide bonds. The standard InChI is InChI=1S/C6H5NO4.C2H6O/c8-4-1-2-5(7(10)11)6(9)3-4;1-3-2/h1-3,8-9H;1-2H3. The van der Waals surface area contributed by atoms with Crippen LogP contribution in [0, 0.1) is 10.1 Å². The Kier molecular flexibility index (Phi) is 5.01. The van der Waals surface area contributed by atoms with Gasteiger partial charge in [0, 0.05) is 26.4 Å². The third-order valence-electron chi connectivity index (χ3n) is 1.16. The van der Waals surface area contributed by atoms with Crippen molar-refractivity contribution in [3.05, 3.63) is 28.3 Å². The number of phenols is 2. The first-order chi connectivity index (χ1) is 6.52. The van der Waals surface area contributed by atoms with Crippen molar-refractivity contribution < 1.29 is 19.9 Å². The van der Waals surface area contributed by atoms with E-state index < -0.39 is 16.4 Å². The Morgan fingerprint density at radius 3 is 2.21 bits per heavy atom.